The molecule has 1 fully saturated rings. The second-order valence-electron chi connectivity index (χ2n) is 8.62. The molecule has 0 aromatic rings. The van der Waals surface area contributed by atoms with Crippen LogP contribution in [0.2, 0.25) is 0 Å². The highest BCUT2D eigenvalue weighted by molar-refractivity contribution is 6.03. The van der Waals surface area contributed by atoms with Crippen LogP contribution in [0.4, 0.5) is 4.79 Å². The van der Waals surface area contributed by atoms with Gasteiger partial charge in [0.15, 0.2) is 18.0 Å². The van der Waals surface area contributed by atoms with Gasteiger partial charge in [-0.3, -0.25) is 9.59 Å². The fourth-order valence-corrected chi connectivity index (χ4v) is 3.89. The maximum Gasteiger partial charge on any atom is 0.417 e. The number of cyclic esters (lactones) is 1. The molecule has 0 aliphatic carbocycles. The number of methoxy groups -OCH3 is 1. The van der Waals surface area contributed by atoms with Crippen molar-refractivity contribution in [3.05, 3.63) is 24.0 Å². The highest BCUT2D eigenvalue weighted by Crippen LogP contribution is 2.25. The van der Waals surface area contributed by atoms with Crippen molar-refractivity contribution >= 4 is 17.8 Å². The van der Waals surface area contributed by atoms with Gasteiger partial charge in [0, 0.05) is 13.7 Å². The fraction of sp³-hybridized carbons (Fsp3) is 0.708. The number of rotatable bonds is 13. The van der Waals surface area contributed by atoms with E-state index < -0.39 is 30.3 Å². The van der Waals surface area contributed by atoms with Crippen molar-refractivity contribution in [2.24, 2.45) is 5.92 Å². The van der Waals surface area contributed by atoms with Crippen molar-refractivity contribution in [2.75, 3.05) is 20.3 Å². The Labute approximate surface area is 190 Å². The van der Waals surface area contributed by atoms with Gasteiger partial charge in [-0.25, -0.2) is 9.69 Å². The third-order valence-corrected chi connectivity index (χ3v) is 5.85. The van der Waals surface area contributed by atoms with Crippen LogP contribution in [0.1, 0.15) is 65.2 Å². The quantitative estimate of drug-likeness (QED) is 0.427. The van der Waals surface area contributed by atoms with Gasteiger partial charge in [-0.15, -0.1) is 0 Å². The summed E-state index contributed by atoms with van der Waals surface area (Å²) in [5.74, 6) is -0.463. The summed E-state index contributed by atoms with van der Waals surface area (Å²) >= 11 is 0. The second kappa shape index (κ2) is 13.4. The Balaban J connectivity index is 1.91. The number of allylic oxidation sites excluding steroid dienone is 2. The lowest BCUT2D eigenvalue weighted by Crippen LogP contribution is -2.53. The number of aliphatic hydroxyl groups is 1. The minimum absolute atomic E-state index is 0.0101. The van der Waals surface area contributed by atoms with Gasteiger partial charge >= 0.3 is 6.09 Å². The first-order chi connectivity index (χ1) is 15.4. The Hall–Kier alpha value is -2.19. The molecule has 1 N–H and O–H groups in total. The average molecular weight is 452 g/mol. The highest BCUT2D eigenvalue weighted by Gasteiger charge is 2.47. The predicted octanol–water partition coefficient (Wildman–Crippen LogP) is 3.53. The smallest absolute Gasteiger partial charge is 0.417 e. The van der Waals surface area contributed by atoms with E-state index in [1.54, 1.807) is 6.08 Å². The van der Waals surface area contributed by atoms with Gasteiger partial charge in [-0.2, -0.15) is 0 Å². The number of amides is 2. The molecule has 3 atom stereocenters. The molecule has 2 aliphatic rings. The molecule has 180 valence electrons. The van der Waals surface area contributed by atoms with Crippen LogP contribution in [0.15, 0.2) is 24.0 Å². The van der Waals surface area contributed by atoms with Gasteiger partial charge in [0.25, 0.3) is 5.91 Å². The van der Waals surface area contributed by atoms with Crippen LogP contribution in [-0.4, -0.2) is 66.4 Å². The minimum Gasteiger partial charge on any atom is -0.479 e. The molecule has 2 heterocycles. The van der Waals surface area contributed by atoms with Crippen molar-refractivity contribution in [3.63, 3.8) is 0 Å². The second-order valence-corrected chi connectivity index (χ2v) is 8.62. The number of ketones is 1. The molecule has 8 nitrogen and oxygen atoms in total. The van der Waals surface area contributed by atoms with Crippen LogP contribution in [-0.2, 0) is 23.8 Å². The summed E-state index contributed by atoms with van der Waals surface area (Å²) in [5, 5.41) is 8.78. The molecule has 0 saturated carbocycles. The summed E-state index contributed by atoms with van der Waals surface area (Å²) < 4.78 is 16.2. The van der Waals surface area contributed by atoms with E-state index in [0.29, 0.717) is 5.76 Å². The van der Waals surface area contributed by atoms with Gasteiger partial charge < -0.3 is 19.3 Å². The predicted molar refractivity (Wildman–Crippen MR) is 119 cm³/mol. The first-order valence-corrected chi connectivity index (χ1v) is 11.6. The van der Waals surface area contributed by atoms with Crippen molar-refractivity contribution in [3.8, 4) is 0 Å². The summed E-state index contributed by atoms with van der Waals surface area (Å²) in [5.41, 5.74) is 0. The topological polar surface area (TPSA) is 102 Å². The molecule has 0 unspecified atom stereocenters. The zero-order valence-electron chi connectivity index (χ0n) is 19.5. The SMILES string of the molecule is CO[C@H](C(=O)N1C(=O)OC[C@@H]1C(C)C)[C@@H]1OC(=CCCCCCCCCCO)C=CC1=O. The molecule has 0 aromatic heterocycles. The molecular formula is C24H37NO7. The normalized spacial score (nSPS) is 23.0. The first kappa shape index (κ1) is 26.1. The number of imide groups is 1. The highest BCUT2D eigenvalue weighted by atomic mass is 16.6. The molecular weight excluding hydrogens is 414 g/mol. The molecule has 2 rings (SSSR count). The van der Waals surface area contributed by atoms with E-state index in [1.165, 1.54) is 13.2 Å². The van der Waals surface area contributed by atoms with E-state index in [4.69, 9.17) is 19.3 Å². The third kappa shape index (κ3) is 7.17. The number of ether oxygens (including phenoxy) is 3. The number of carbonyl (C=O) groups excluding carboxylic acids is 3. The van der Waals surface area contributed by atoms with E-state index >= 15 is 0 Å². The first-order valence-electron chi connectivity index (χ1n) is 11.6. The molecule has 1 saturated heterocycles. The van der Waals surface area contributed by atoms with Crippen LogP contribution in [0.25, 0.3) is 0 Å². The summed E-state index contributed by atoms with van der Waals surface area (Å²) in [6.07, 6.45) is 10.1. The number of unbranched alkanes of at least 4 members (excludes halogenated alkanes) is 7. The summed E-state index contributed by atoms with van der Waals surface area (Å²) in [4.78, 5) is 38.7. The molecule has 8 heteroatoms. The number of carbonyl (C=O) groups is 3. The minimum atomic E-state index is -1.23. The van der Waals surface area contributed by atoms with Crippen molar-refractivity contribution in [1.29, 1.82) is 0 Å². The van der Waals surface area contributed by atoms with Crippen molar-refractivity contribution in [2.45, 2.75) is 83.5 Å². The molecule has 2 amide bonds. The monoisotopic (exact) mass is 451 g/mol. The Morgan fingerprint density at radius 3 is 2.44 bits per heavy atom. The van der Waals surface area contributed by atoms with E-state index in [-0.39, 0.29) is 24.9 Å². The Bertz CT molecular complexity index is 700. The van der Waals surface area contributed by atoms with Gasteiger partial charge in [0.1, 0.15) is 12.4 Å². The van der Waals surface area contributed by atoms with Crippen LogP contribution in [0.5, 0.6) is 0 Å². The zero-order chi connectivity index (χ0) is 23.5. The largest absolute Gasteiger partial charge is 0.479 e. The number of hydrogen-bond donors (Lipinski definition) is 1. The van der Waals surface area contributed by atoms with E-state index in [1.807, 2.05) is 19.9 Å². The number of aliphatic hydroxyl groups excluding tert-OH is 1. The Kier molecular flexibility index (Phi) is 10.9. The zero-order valence-corrected chi connectivity index (χ0v) is 19.5. The van der Waals surface area contributed by atoms with E-state index in [9.17, 15) is 14.4 Å². The molecule has 0 bridgehead atoms. The Morgan fingerprint density at radius 1 is 1.16 bits per heavy atom. The van der Waals surface area contributed by atoms with E-state index in [2.05, 4.69) is 0 Å². The lowest BCUT2D eigenvalue weighted by molar-refractivity contribution is -0.154. The van der Waals surface area contributed by atoms with Gasteiger partial charge in [0.2, 0.25) is 0 Å². The van der Waals surface area contributed by atoms with Gasteiger partial charge in [0.05, 0.1) is 6.04 Å². The molecule has 0 aromatic carbocycles. The van der Waals surface area contributed by atoms with Crippen LogP contribution < -0.4 is 0 Å². The van der Waals surface area contributed by atoms with Crippen LogP contribution >= 0.6 is 0 Å². The Morgan fingerprint density at radius 2 is 1.81 bits per heavy atom. The lowest BCUT2D eigenvalue weighted by Gasteiger charge is -2.31. The average Bonchev–Trinajstić information content (AvgIpc) is 3.16. The van der Waals surface area contributed by atoms with E-state index in [0.717, 1.165) is 56.3 Å². The summed E-state index contributed by atoms with van der Waals surface area (Å²) in [6, 6.07) is -0.402. The molecule has 0 spiro atoms. The van der Waals surface area contributed by atoms with Crippen LogP contribution in [0.3, 0.4) is 0 Å². The van der Waals surface area contributed by atoms with Crippen molar-refractivity contribution < 1.29 is 33.7 Å². The molecule has 32 heavy (non-hydrogen) atoms. The maximum absolute atomic E-state index is 13.1. The lowest BCUT2D eigenvalue weighted by atomic mass is 10.0. The summed E-state index contributed by atoms with van der Waals surface area (Å²) in [7, 11) is 1.33. The third-order valence-electron chi connectivity index (χ3n) is 5.85. The number of hydrogen-bond acceptors (Lipinski definition) is 7. The van der Waals surface area contributed by atoms with Crippen LogP contribution in [0, 0.1) is 5.92 Å². The molecule has 2 aliphatic heterocycles. The standard InChI is InChI=1S/C24H37NO7/c1-17(2)19-16-31-24(29)25(19)23(28)22(30-3)21-20(27)14-13-18(32-21)12-10-8-6-4-5-7-9-11-15-26/h12-14,17,19,21-22,26H,4-11,15-16H2,1-3H3/t19-,21-,22+/m1/s1. The van der Waals surface area contributed by atoms with Crippen molar-refractivity contribution in [1.82, 2.24) is 4.90 Å². The fourth-order valence-electron chi connectivity index (χ4n) is 3.89. The van der Waals surface area contributed by atoms with Gasteiger partial charge in [-0.1, -0.05) is 46.0 Å². The number of nitrogens with zero attached hydrogens (tertiary/aromatic N) is 1. The summed E-state index contributed by atoms with van der Waals surface area (Å²) in [6.45, 7) is 4.19. The maximum atomic E-state index is 13.1. The van der Waals surface area contributed by atoms with Gasteiger partial charge in [-0.05, 0) is 43.4 Å². The molecule has 0 radical (unpaired) electrons.